The number of rotatable bonds is 5. The van der Waals surface area contributed by atoms with Gasteiger partial charge in [0.05, 0.1) is 10.7 Å². The molecule has 6 nitrogen and oxygen atoms in total. The fourth-order valence-corrected chi connectivity index (χ4v) is 3.23. The highest BCUT2D eigenvalue weighted by Crippen LogP contribution is 2.28. The van der Waals surface area contributed by atoms with Crippen LogP contribution in [-0.2, 0) is 16.1 Å². The van der Waals surface area contributed by atoms with Crippen molar-refractivity contribution >= 4 is 45.5 Å². The van der Waals surface area contributed by atoms with Gasteiger partial charge in [0, 0.05) is 22.7 Å². The second kappa shape index (κ2) is 7.43. The molecule has 0 bridgehead atoms. The first-order valence-electron chi connectivity index (χ1n) is 7.18. The number of hydrogen-bond donors (Lipinski definition) is 0. The van der Waals surface area contributed by atoms with Crippen LogP contribution in [0, 0.1) is 0 Å². The Morgan fingerprint density at radius 1 is 1.36 bits per heavy atom. The molecular weight excluding hydrogens is 387 g/mol. The molecule has 3 rings (SSSR count). The minimum atomic E-state index is -0.884. The van der Waals surface area contributed by atoms with Crippen LogP contribution in [0.2, 0.25) is 10.0 Å². The molecule has 0 unspecified atom stereocenters. The van der Waals surface area contributed by atoms with Crippen LogP contribution in [0.5, 0.6) is 5.75 Å². The van der Waals surface area contributed by atoms with Crippen molar-refractivity contribution in [2.75, 3.05) is 0 Å². The third-order valence-corrected chi connectivity index (χ3v) is 4.54. The minimum absolute atomic E-state index is 0.121. The number of ether oxygens (including phenoxy) is 2. The van der Waals surface area contributed by atoms with Gasteiger partial charge in [-0.25, -0.2) is 9.78 Å². The molecule has 0 aliphatic rings. The lowest BCUT2D eigenvalue weighted by Crippen LogP contribution is -2.26. The molecule has 2 heterocycles. The SMILES string of the molecule is C[C@H](Oc1ccc(Cl)cc1Cl)C(=O)OCc1cc(=O)n2ccsc2n1. The van der Waals surface area contributed by atoms with Gasteiger partial charge < -0.3 is 9.47 Å². The smallest absolute Gasteiger partial charge is 0.347 e. The molecule has 25 heavy (non-hydrogen) atoms. The normalized spacial score (nSPS) is 12.1. The first kappa shape index (κ1) is 17.7. The Kier molecular flexibility index (Phi) is 5.27. The molecule has 0 amide bonds. The summed E-state index contributed by atoms with van der Waals surface area (Å²) in [7, 11) is 0. The Morgan fingerprint density at radius 3 is 2.92 bits per heavy atom. The maximum absolute atomic E-state index is 12.1. The van der Waals surface area contributed by atoms with Crippen molar-refractivity contribution < 1.29 is 14.3 Å². The molecule has 0 aliphatic heterocycles. The fourth-order valence-electron chi connectivity index (χ4n) is 2.03. The molecule has 0 aliphatic carbocycles. The second-order valence-corrected chi connectivity index (χ2v) is 6.80. The van der Waals surface area contributed by atoms with Gasteiger partial charge in [0.25, 0.3) is 5.56 Å². The molecule has 0 saturated carbocycles. The van der Waals surface area contributed by atoms with E-state index in [1.165, 1.54) is 34.8 Å². The first-order chi connectivity index (χ1) is 11.9. The van der Waals surface area contributed by atoms with E-state index in [1.807, 2.05) is 0 Å². The summed E-state index contributed by atoms with van der Waals surface area (Å²) >= 11 is 13.1. The van der Waals surface area contributed by atoms with Crippen LogP contribution >= 0.6 is 34.5 Å². The minimum Gasteiger partial charge on any atom is -0.477 e. The summed E-state index contributed by atoms with van der Waals surface area (Å²) in [6, 6.07) is 6.02. The van der Waals surface area contributed by atoms with E-state index >= 15 is 0 Å². The molecule has 0 N–H and O–H groups in total. The molecule has 0 saturated heterocycles. The van der Waals surface area contributed by atoms with Crippen LogP contribution in [0.4, 0.5) is 0 Å². The number of carbonyl (C=O) groups excluding carboxylic acids is 1. The van der Waals surface area contributed by atoms with Gasteiger partial charge in [-0.15, -0.1) is 11.3 Å². The van der Waals surface area contributed by atoms with Gasteiger partial charge in [0.1, 0.15) is 12.4 Å². The monoisotopic (exact) mass is 398 g/mol. The zero-order chi connectivity index (χ0) is 18.0. The van der Waals surface area contributed by atoms with Gasteiger partial charge in [-0.2, -0.15) is 0 Å². The van der Waals surface area contributed by atoms with Gasteiger partial charge in [0.2, 0.25) is 0 Å². The third kappa shape index (κ3) is 4.12. The highest BCUT2D eigenvalue weighted by atomic mass is 35.5. The van der Waals surface area contributed by atoms with E-state index in [0.717, 1.165) is 0 Å². The van der Waals surface area contributed by atoms with E-state index in [-0.39, 0.29) is 12.2 Å². The Morgan fingerprint density at radius 2 is 2.16 bits per heavy atom. The largest absolute Gasteiger partial charge is 0.477 e. The molecule has 3 aromatic rings. The number of fused-ring (bicyclic) bond motifs is 1. The molecular formula is C16H12Cl2N2O4S. The van der Waals surface area contributed by atoms with Crippen molar-refractivity contribution in [2.45, 2.75) is 19.6 Å². The standard InChI is InChI=1S/C16H12Cl2N2O4S/c1-9(24-13-3-2-10(17)6-12(13)18)15(22)23-8-11-7-14(21)20-4-5-25-16(20)19-11/h2-7,9H,8H2,1H3/t9-/m0/s1. The lowest BCUT2D eigenvalue weighted by molar-refractivity contribution is -0.152. The summed E-state index contributed by atoms with van der Waals surface area (Å²) in [5.74, 6) is -0.272. The third-order valence-electron chi connectivity index (χ3n) is 3.25. The number of benzene rings is 1. The Balaban J connectivity index is 1.63. The van der Waals surface area contributed by atoms with Crippen LogP contribution < -0.4 is 10.3 Å². The highest BCUT2D eigenvalue weighted by molar-refractivity contribution is 7.15. The van der Waals surface area contributed by atoms with Crippen molar-refractivity contribution in [1.82, 2.24) is 9.38 Å². The average molecular weight is 399 g/mol. The van der Waals surface area contributed by atoms with Crippen molar-refractivity contribution in [3.05, 3.63) is 61.9 Å². The molecule has 0 fully saturated rings. The van der Waals surface area contributed by atoms with Crippen LogP contribution in [0.3, 0.4) is 0 Å². The van der Waals surface area contributed by atoms with Gasteiger partial charge in [-0.1, -0.05) is 23.2 Å². The van der Waals surface area contributed by atoms with Crippen LogP contribution in [0.1, 0.15) is 12.6 Å². The molecule has 1 aromatic carbocycles. The second-order valence-electron chi connectivity index (χ2n) is 5.08. The van der Waals surface area contributed by atoms with Gasteiger partial charge in [-0.3, -0.25) is 9.20 Å². The van der Waals surface area contributed by atoms with Gasteiger partial charge >= 0.3 is 5.97 Å². The number of esters is 1. The number of nitrogens with zero attached hydrogens (tertiary/aromatic N) is 2. The predicted octanol–water partition coefficient (Wildman–Crippen LogP) is 3.57. The van der Waals surface area contributed by atoms with E-state index in [4.69, 9.17) is 32.7 Å². The van der Waals surface area contributed by atoms with Crippen molar-refractivity contribution in [1.29, 1.82) is 0 Å². The fraction of sp³-hybridized carbons (Fsp3) is 0.188. The van der Waals surface area contributed by atoms with Crippen molar-refractivity contribution in [3.63, 3.8) is 0 Å². The lowest BCUT2D eigenvalue weighted by atomic mass is 10.3. The molecule has 9 heteroatoms. The van der Waals surface area contributed by atoms with E-state index in [2.05, 4.69) is 4.98 Å². The Labute approximate surface area is 156 Å². The van der Waals surface area contributed by atoms with Crippen LogP contribution in [0.15, 0.2) is 40.6 Å². The van der Waals surface area contributed by atoms with Gasteiger partial charge in [0.15, 0.2) is 11.1 Å². The highest BCUT2D eigenvalue weighted by Gasteiger charge is 2.18. The van der Waals surface area contributed by atoms with E-state index < -0.39 is 12.1 Å². The van der Waals surface area contributed by atoms with Gasteiger partial charge in [-0.05, 0) is 25.1 Å². The van der Waals surface area contributed by atoms with Crippen molar-refractivity contribution in [2.24, 2.45) is 0 Å². The number of hydrogen-bond acceptors (Lipinski definition) is 6. The van der Waals surface area contributed by atoms with Crippen LogP contribution in [0.25, 0.3) is 4.96 Å². The topological polar surface area (TPSA) is 69.9 Å². The zero-order valence-corrected chi connectivity index (χ0v) is 15.3. The summed E-state index contributed by atoms with van der Waals surface area (Å²) in [4.78, 5) is 28.8. The quantitative estimate of drug-likeness (QED) is 0.614. The van der Waals surface area contributed by atoms with E-state index in [1.54, 1.807) is 23.7 Å². The summed E-state index contributed by atoms with van der Waals surface area (Å²) in [6.07, 6.45) is 0.752. The lowest BCUT2D eigenvalue weighted by Gasteiger charge is -2.15. The molecule has 0 radical (unpaired) electrons. The van der Waals surface area contributed by atoms with E-state index in [0.29, 0.717) is 26.4 Å². The molecule has 2 aromatic heterocycles. The van der Waals surface area contributed by atoms with E-state index in [9.17, 15) is 9.59 Å². The number of halogens is 2. The summed E-state index contributed by atoms with van der Waals surface area (Å²) in [5, 5.41) is 2.52. The molecule has 130 valence electrons. The number of aromatic nitrogens is 2. The van der Waals surface area contributed by atoms with Crippen LogP contribution in [-0.4, -0.2) is 21.5 Å². The maximum atomic E-state index is 12.1. The molecule has 0 spiro atoms. The Bertz CT molecular complexity index is 986. The summed E-state index contributed by atoms with van der Waals surface area (Å²) in [6.45, 7) is 1.42. The number of thiazole rings is 1. The Hall–Kier alpha value is -2.09. The average Bonchev–Trinajstić information content (AvgIpc) is 3.04. The van der Waals surface area contributed by atoms with Crippen molar-refractivity contribution in [3.8, 4) is 5.75 Å². The molecule has 1 atom stereocenters. The summed E-state index contributed by atoms with van der Waals surface area (Å²) < 4.78 is 12.1. The number of carbonyl (C=O) groups is 1. The summed E-state index contributed by atoms with van der Waals surface area (Å²) in [5.41, 5.74) is 0.145. The predicted molar refractivity (Wildman–Crippen MR) is 95.7 cm³/mol. The maximum Gasteiger partial charge on any atom is 0.347 e. The zero-order valence-electron chi connectivity index (χ0n) is 12.9. The first-order valence-corrected chi connectivity index (χ1v) is 8.82.